The van der Waals surface area contributed by atoms with Crippen LogP contribution in [0.5, 0.6) is 0 Å². The summed E-state index contributed by atoms with van der Waals surface area (Å²) in [6.45, 7) is 11.9. The van der Waals surface area contributed by atoms with Crippen molar-refractivity contribution >= 4 is 0 Å². The second-order valence-corrected chi connectivity index (χ2v) is 4.79. The number of hydrogen-bond acceptors (Lipinski definition) is 2. The number of hydrogen-bond donors (Lipinski definition) is 1. The maximum atomic E-state index is 5.59. The van der Waals surface area contributed by atoms with Gasteiger partial charge < -0.3 is 10.1 Å². The van der Waals surface area contributed by atoms with Crippen molar-refractivity contribution in [3.8, 4) is 0 Å². The Kier molecular flexibility index (Phi) is 10.4. The van der Waals surface area contributed by atoms with Crippen LogP contribution in [0.4, 0.5) is 0 Å². The second-order valence-electron chi connectivity index (χ2n) is 4.79. The van der Waals surface area contributed by atoms with Crippen LogP contribution in [0.25, 0.3) is 0 Å². The van der Waals surface area contributed by atoms with Gasteiger partial charge in [0, 0.05) is 19.3 Å². The van der Waals surface area contributed by atoms with Crippen LogP contribution >= 0.6 is 0 Å². The molecule has 1 unspecified atom stereocenters. The van der Waals surface area contributed by atoms with Gasteiger partial charge in [-0.25, -0.2) is 0 Å². The maximum Gasteiger partial charge on any atom is 0.0480 e. The molecular weight excluding hydrogens is 186 g/mol. The molecule has 0 aliphatic heterocycles. The predicted molar refractivity (Wildman–Crippen MR) is 67.3 cm³/mol. The first kappa shape index (κ1) is 14.9. The van der Waals surface area contributed by atoms with Crippen molar-refractivity contribution in [2.45, 2.75) is 59.4 Å². The Morgan fingerprint density at radius 1 is 1.07 bits per heavy atom. The topological polar surface area (TPSA) is 21.3 Å². The molecule has 0 amide bonds. The van der Waals surface area contributed by atoms with Crippen LogP contribution in [0.1, 0.15) is 53.4 Å². The fraction of sp³-hybridized carbons (Fsp3) is 1.00. The highest BCUT2D eigenvalue weighted by Gasteiger charge is 2.00. The molecule has 0 spiro atoms. The third-order valence-corrected chi connectivity index (χ3v) is 2.51. The van der Waals surface area contributed by atoms with Crippen molar-refractivity contribution in [1.29, 1.82) is 0 Å². The lowest BCUT2D eigenvalue weighted by molar-refractivity contribution is 0.119. The minimum atomic E-state index is 0.593. The highest BCUT2D eigenvalue weighted by Crippen LogP contribution is 2.03. The van der Waals surface area contributed by atoms with E-state index in [4.69, 9.17) is 4.74 Å². The quantitative estimate of drug-likeness (QED) is 0.565. The van der Waals surface area contributed by atoms with Gasteiger partial charge >= 0.3 is 0 Å². The number of nitrogens with one attached hydrogen (secondary N) is 1. The molecule has 0 saturated heterocycles. The molecular formula is C13H29NO. The molecule has 0 aliphatic carbocycles. The Bertz CT molecular complexity index is 126. The number of ether oxygens (including phenoxy) is 1. The van der Waals surface area contributed by atoms with E-state index in [0.29, 0.717) is 6.04 Å². The van der Waals surface area contributed by atoms with E-state index in [0.717, 1.165) is 32.1 Å². The Balaban J connectivity index is 3.09. The summed E-state index contributed by atoms with van der Waals surface area (Å²) in [5, 5.41) is 3.46. The minimum absolute atomic E-state index is 0.593. The monoisotopic (exact) mass is 215 g/mol. The van der Waals surface area contributed by atoms with Gasteiger partial charge in [-0.15, -0.1) is 0 Å². The van der Waals surface area contributed by atoms with Crippen molar-refractivity contribution in [1.82, 2.24) is 5.32 Å². The van der Waals surface area contributed by atoms with Gasteiger partial charge in [0.2, 0.25) is 0 Å². The van der Waals surface area contributed by atoms with E-state index in [9.17, 15) is 0 Å². The number of rotatable bonds is 10. The summed E-state index contributed by atoms with van der Waals surface area (Å²) in [4.78, 5) is 0. The average molecular weight is 215 g/mol. The fourth-order valence-electron chi connectivity index (χ4n) is 1.45. The predicted octanol–water partition coefficient (Wildman–Crippen LogP) is 3.22. The second kappa shape index (κ2) is 10.4. The van der Waals surface area contributed by atoms with Crippen molar-refractivity contribution in [3.63, 3.8) is 0 Å². The van der Waals surface area contributed by atoms with Crippen molar-refractivity contribution in [2.24, 2.45) is 5.92 Å². The van der Waals surface area contributed by atoms with E-state index < -0.39 is 0 Å². The lowest BCUT2D eigenvalue weighted by atomic mass is 10.1. The molecule has 2 heteroatoms. The molecule has 0 aromatic rings. The largest absolute Gasteiger partial charge is 0.381 e. The summed E-state index contributed by atoms with van der Waals surface area (Å²) in [6.07, 6.45) is 4.82. The smallest absolute Gasteiger partial charge is 0.0480 e. The highest BCUT2D eigenvalue weighted by molar-refractivity contribution is 4.58. The zero-order chi connectivity index (χ0) is 11.5. The summed E-state index contributed by atoms with van der Waals surface area (Å²) < 4.78 is 5.59. The molecule has 1 atom stereocenters. The molecule has 92 valence electrons. The van der Waals surface area contributed by atoms with E-state index in [1.54, 1.807) is 0 Å². The SMILES string of the molecule is CCCNC(C)CCOCCCC(C)C. The first-order valence-electron chi connectivity index (χ1n) is 6.48. The van der Waals surface area contributed by atoms with E-state index in [1.165, 1.54) is 19.3 Å². The highest BCUT2D eigenvalue weighted by atomic mass is 16.5. The molecule has 0 saturated carbocycles. The molecule has 1 N–H and O–H groups in total. The molecule has 0 aliphatic rings. The maximum absolute atomic E-state index is 5.59. The lowest BCUT2D eigenvalue weighted by Crippen LogP contribution is -2.27. The third-order valence-electron chi connectivity index (χ3n) is 2.51. The van der Waals surface area contributed by atoms with Crippen LogP contribution in [0.2, 0.25) is 0 Å². The van der Waals surface area contributed by atoms with Gasteiger partial charge in [-0.1, -0.05) is 20.8 Å². The van der Waals surface area contributed by atoms with Crippen LogP contribution in [-0.4, -0.2) is 25.8 Å². The van der Waals surface area contributed by atoms with Crippen molar-refractivity contribution in [3.05, 3.63) is 0 Å². The molecule has 0 radical (unpaired) electrons. The molecule has 2 nitrogen and oxygen atoms in total. The first-order chi connectivity index (χ1) is 7.16. The van der Waals surface area contributed by atoms with E-state index in [1.807, 2.05) is 0 Å². The molecule has 0 aromatic carbocycles. The lowest BCUT2D eigenvalue weighted by Gasteiger charge is -2.13. The molecule has 0 heterocycles. The van der Waals surface area contributed by atoms with Crippen molar-refractivity contribution in [2.75, 3.05) is 19.8 Å². The van der Waals surface area contributed by atoms with Crippen LogP contribution in [-0.2, 0) is 4.74 Å². The van der Waals surface area contributed by atoms with E-state index in [2.05, 4.69) is 33.0 Å². The Morgan fingerprint density at radius 2 is 1.80 bits per heavy atom. The van der Waals surface area contributed by atoms with Crippen LogP contribution in [0.3, 0.4) is 0 Å². The Hall–Kier alpha value is -0.0800. The average Bonchev–Trinajstić information content (AvgIpc) is 2.19. The van der Waals surface area contributed by atoms with Gasteiger partial charge in [0.05, 0.1) is 0 Å². The van der Waals surface area contributed by atoms with Gasteiger partial charge in [-0.05, 0) is 45.1 Å². The zero-order valence-corrected chi connectivity index (χ0v) is 11.0. The fourth-order valence-corrected chi connectivity index (χ4v) is 1.45. The van der Waals surface area contributed by atoms with Crippen LogP contribution < -0.4 is 5.32 Å². The molecule has 0 bridgehead atoms. The van der Waals surface area contributed by atoms with Gasteiger partial charge in [-0.2, -0.15) is 0 Å². The van der Waals surface area contributed by atoms with E-state index in [-0.39, 0.29) is 0 Å². The van der Waals surface area contributed by atoms with Gasteiger partial charge in [-0.3, -0.25) is 0 Å². The molecule has 0 fully saturated rings. The molecule has 15 heavy (non-hydrogen) atoms. The van der Waals surface area contributed by atoms with Crippen LogP contribution in [0.15, 0.2) is 0 Å². The summed E-state index contributed by atoms with van der Waals surface area (Å²) in [5.41, 5.74) is 0. The minimum Gasteiger partial charge on any atom is -0.381 e. The summed E-state index contributed by atoms with van der Waals surface area (Å²) in [5.74, 6) is 0.804. The third kappa shape index (κ3) is 11.8. The van der Waals surface area contributed by atoms with Gasteiger partial charge in [0.1, 0.15) is 0 Å². The molecule has 0 aromatic heterocycles. The normalized spacial score (nSPS) is 13.4. The zero-order valence-electron chi connectivity index (χ0n) is 11.0. The Labute approximate surface area is 95.8 Å². The van der Waals surface area contributed by atoms with Crippen LogP contribution in [0, 0.1) is 5.92 Å². The summed E-state index contributed by atoms with van der Waals surface area (Å²) in [6, 6.07) is 0.593. The van der Waals surface area contributed by atoms with E-state index >= 15 is 0 Å². The summed E-state index contributed by atoms with van der Waals surface area (Å²) in [7, 11) is 0. The van der Waals surface area contributed by atoms with Crippen molar-refractivity contribution < 1.29 is 4.74 Å². The van der Waals surface area contributed by atoms with Gasteiger partial charge in [0.25, 0.3) is 0 Å². The van der Waals surface area contributed by atoms with Gasteiger partial charge in [0.15, 0.2) is 0 Å². The first-order valence-corrected chi connectivity index (χ1v) is 6.48. The standard InChI is InChI=1S/C13H29NO/c1-5-9-14-13(4)8-11-15-10-6-7-12(2)3/h12-14H,5-11H2,1-4H3. The Morgan fingerprint density at radius 3 is 2.40 bits per heavy atom. The molecule has 0 rings (SSSR count). The summed E-state index contributed by atoms with van der Waals surface area (Å²) >= 11 is 0.